The van der Waals surface area contributed by atoms with Crippen LogP contribution in [0, 0.1) is 0 Å². The molecule has 2 aromatic carbocycles. The Labute approximate surface area is 137 Å². The van der Waals surface area contributed by atoms with Crippen LogP contribution in [0.3, 0.4) is 0 Å². The number of amides is 1. The third-order valence-electron chi connectivity index (χ3n) is 2.61. The van der Waals surface area contributed by atoms with Crippen molar-refractivity contribution in [2.75, 3.05) is 11.9 Å². The Morgan fingerprint density at radius 2 is 1.82 bits per heavy atom. The molecule has 114 valence electrons. The normalized spacial score (nSPS) is 10.1. The van der Waals surface area contributed by atoms with Gasteiger partial charge in [-0.1, -0.05) is 35.5 Å². The van der Waals surface area contributed by atoms with Gasteiger partial charge in [0.1, 0.15) is 0 Å². The quantitative estimate of drug-likeness (QED) is 0.839. The average Bonchev–Trinajstić information content (AvgIpc) is 2.49. The number of carbonyl (C=O) groups is 2. The minimum atomic E-state index is -0.487. The first-order valence-corrected chi connectivity index (χ1v) is 7.70. The van der Waals surface area contributed by atoms with Crippen LogP contribution >= 0.6 is 23.4 Å². The van der Waals surface area contributed by atoms with E-state index in [1.165, 1.54) is 18.7 Å². The number of halogens is 1. The third kappa shape index (κ3) is 5.09. The largest absolute Gasteiger partial charge is 0.456 e. The molecule has 0 fully saturated rings. The second-order valence-corrected chi connectivity index (χ2v) is 5.93. The molecule has 0 aliphatic heterocycles. The van der Waals surface area contributed by atoms with Gasteiger partial charge in [0.05, 0.1) is 5.69 Å². The molecule has 0 saturated carbocycles. The van der Waals surface area contributed by atoms with E-state index in [0.717, 1.165) is 9.79 Å². The van der Waals surface area contributed by atoms with Crippen molar-refractivity contribution >= 4 is 40.9 Å². The molecule has 0 radical (unpaired) electrons. The lowest BCUT2D eigenvalue weighted by Gasteiger charge is -2.10. The number of nitrogens with one attached hydrogen (secondary N) is 1. The molecule has 1 N–H and O–H groups in total. The van der Waals surface area contributed by atoms with Gasteiger partial charge in [0.25, 0.3) is 5.91 Å². The molecule has 0 aromatic heterocycles. The summed E-state index contributed by atoms with van der Waals surface area (Å²) in [6, 6.07) is 14.9. The Kier molecular flexibility index (Phi) is 5.86. The lowest BCUT2D eigenvalue weighted by Crippen LogP contribution is -2.20. The molecular formula is C16H14ClNO3S. The zero-order valence-electron chi connectivity index (χ0n) is 11.8. The molecule has 0 unspecified atom stereocenters. The zero-order chi connectivity index (χ0) is 15.9. The lowest BCUT2D eigenvalue weighted by atomic mass is 10.3. The molecular weight excluding hydrogens is 322 g/mol. The second kappa shape index (κ2) is 7.87. The van der Waals surface area contributed by atoms with Crippen LogP contribution in [0.1, 0.15) is 6.92 Å². The number of anilines is 1. The fourth-order valence-electron chi connectivity index (χ4n) is 1.64. The third-order valence-corrected chi connectivity index (χ3v) is 3.94. The highest BCUT2D eigenvalue weighted by molar-refractivity contribution is 7.99. The fourth-order valence-corrected chi connectivity index (χ4v) is 2.67. The summed E-state index contributed by atoms with van der Waals surface area (Å²) < 4.78 is 4.67. The van der Waals surface area contributed by atoms with Crippen LogP contribution in [-0.4, -0.2) is 18.5 Å². The topological polar surface area (TPSA) is 55.4 Å². The van der Waals surface area contributed by atoms with Gasteiger partial charge in [-0.15, -0.1) is 0 Å². The molecule has 0 atom stereocenters. The Hall–Kier alpha value is -1.98. The molecule has 0 bridgehead atoms. The van der Waals surface area contributed by atoms with E-state index in [9.17, 15) is 9.59 Å². The van der Waals surface area contributed by atoms with Gasteiger partial charge in [0.2, 0.25) is 0 Å². The molecule has 2 aromatic rings. The highest BCUT2D eigenvalue weighted by Crippen LogP contribution is 2.33. The van der Waals surface area contributed by atoms with Gasteiger partial charge in [-0.05, 0) is 36.4 Å². The van der Waals surface area contributed by atoms with Crippen LogP contribution in [-0.2, 0) is 14.3 Å². The number of hydrogen-bond donors (Lipinski definition) is 1. The van der Waals surface area contributed by atoms with Crippen molar-refractivity contribution in [1.82, 2.24) is 0 Å². The molecule has 0 heterocycles. The molecule has 0 aliphatic carbocycles. The van der Waals surface area contributed by atoms with E-state index in [1.54, 1.807) is 6.07 Å². The van der Waals surface area contributed by atoms with Gasteiger partial charge in [-0.3, -0.25) is 9.59 Å². The summed E-state index contributed by atoms with van der Waals surface area (Å²) in [4.78, 5) is 24.4. The molecule has 1 amide bonds. The maximum absolute atomic E-state index is 11.8. The van der Waals surface area contributed by atoms with Gasteiger partial charge in [0.15, 0.2) is 6.61 Å². The summed E-state index contributed by atoms with van der Waals surface area (Å²) in [5.74, 6) is -0.863. The van der Waals surface area contributed by atoms with E-state index in [0.29, 0.717) is 10.7 Å². The summed E-state index contributed by atoms with van der Waals surface area (Å²) >= 11 is 7.38. The number of esters is 1. The number of para-hydroxylation sites is 1. The predicted molar refractivity (Wildman–Crippen MR) is 87.3 cm³/mol. The van der Waals surface area contributed by atoms with Gasteiger partial charge in [-0.25, -0.2) is 0 Å². The van der Waals surface area contributed by atoms with E-state index in [-0.39, 0.29) is 12.5 Å². The van der Waals surface area contributed by atoms with Crippen molar-refractivity contribution in [2.45, 2.75) is 16.7 Å². The molecule has 22 heavy (non-hydrogen) atoms. The summed E-state index contributed by atoms with van der Waals surface area (Å²) in [5, 5.41) is 3.41. The first-order chi connectivity index (χ1) is 10.5. The van der Waals surface area contributed by atoms with Crippen molar-refractivity contribution < 1.29 is 14.3 Å². The number of carbonyl (C=O) groups excluding carboxylic acids is 2. The predicted octanol–water partition coefficient (Wildman–Crippen LogP) is 3.99. The molecule has 4 nitrogen and oxygen atoms in total. The van der Waals surface area contributed by atoms with E-state index in [1.807, 2.05) is 42.5 Å². The molecule has 6 heteroatoms. The van der Waals surface area contributed by atoms with Gasteiger partial charge in [-0.2, -0.15) is 0 Å². The maximum atomic E-state index is 11.8. The monoisotopic (exact) mass is 335 g/mol. The van der Waals surface area contributed by atoms with E-state index >= 15 is 0 Å². The lowest BCUT2D eigenvalue weighted by molar-refractivity contribution is -0.144. The van der Waals surface area contributed by atoms with Crippen molar-refractivity contribution in [1.29, 1.82) is 0 Å². The van der Waals surface area contributed by atoms with E-state index < -0.39 is 5.97 Å². The number of hydrogen-bond acceptors (Lipinski definition) is 4. The summed E-state index contributed by atoms with van der Waals surface area (Å²) in [7, 11) is 0. The minimum absolute atomic E-state index is 0.296. The van der Waals surface area contributed by atoms with Crippen LogP contribution in [0.4, 0.5) is 5.69 Å². The fraction of sp³-hybridized carbons (Fsp3) is 0.125. The van der Waals surface area contributed by atoms with Gasteiger partial charge >= 0.3 is 5.97 Å². The van der Waals surface area contributed by atoms with Crippen LogP contribution in [0.2, 0.25) is 5.02 Å². The summed E-state index contributed by atoms with van der Waals surface area (Å²) in [5.41, 5.74) is 0.666. The van der Waals surface area contributed by atoms with Crippen molar-refractivity contribution in [3.8, 4) is 0 Å². The Morgan fingerprint density at radius 1 is 1.14 bits per heavy atom. The first kappa shape index (κ1) is 16.4. The van der Waals surface area contributed by atoms with Crippen molar-refractivity contribution in [3.63, 3.8) is 0 Å². The summed E-state index contributed by atoms with van der Waals surface area (Å²) in [6.07, 6.45) is 0. The molecule has 0 saturated heterocycles. The van der Waals surface area contributed by atoms with Gasteiger partial charge in [0, 0.05) is 21.7 Å². The highest BCUT2D eigenvalue weighted by Gasteiger charge is 2.09. The number of rotatable bonds is 5. The molecule has 0 spiro atoms. The van der Waals surface area contributed by atoms with Crippen molar-refractivity contribution in [2.24, 2.45) is 0 Å². The Balaban J connectivity index is 2.07. The van der Waals surface area contributed by atoms with Gasteiger partial charge < -0.3 is 10.1 Å². The van der Waals surface area contributed by atoms with Crippen molar-refractivity contribution in [3.05, 3.63) is 53.6 Å². The number of ether oxygens (including phenoxy) is 1. The van der Waals surface area contributed by atoms with Crippen LogP contribution < -0.4 is 5.32 Å². The standard InChI is InChI=1S/C16H14ClNO3S/c1-11(19)21-10-16(20)18-14-4-2-3-5-15(14)22-13-8-6-12(17)7-9-13/h2-9H,10H2,1H3,(H,18,20). The first-order valence-electron chi connectivity index (χ1n) is 6.50. The second-order valence-electron chi connectivity index (χ2n) is 4.38. The summed E-state index contributed by atoms with van der Waals surface area (Å²) in [6.45, 7) is 0.965. The Bertz CT molecular complexity index is 673. The molecule has 2 rings (SSSR count). The SMILES string of the molecule is CC(=O)OCC(=O)Nc1ccccc1Sc1ccc(Cl)cc1. The maximum Gasteiger partial charge on any atom is 0.303 e. The van der Waals surface area contributed by atoms with E-state index in [2.05, 4.69) is 10.1 Å². The van der Waals surface area contributed by atoms with Crippen LogP contribution in [0.15, 0.2) is 58.3 Å². The highest BCUT2D eigenvalue weighted by atomic mass is 35.5. The van der Waals surface area contributed by atoms with Crippen LogP contribution in [0.5, 0.6) is 0 Å². The minimum Gasteiger partial charge on any atom is -0.456 e. The average molecular weight is 336 g/mol. The van der Waals surface area contributed by atoms with Crippen LogP contribution in [0.25, 0.3) is 0 Å². The molecule has 0 aliphatic rings. The smallest absolute Gasteiger partial charge is 0.303 e. The Morgan fingerprint density at radius 3 is 2.50 bits per heavy atom. The van der Waals surface area contributed by atoms with E-state index in [4.69, 9.17) is 11.6 Å². The zero-order valence-corrected chi connectivity index (χ0v) is 13.4. The number of benzene rings is 2.